The number of allylic oxidation sites excluding steroid dienone is 5. The van der Waals surface area contributed by atoms with Crippen molar-refractivity contribution in [3.63, 3.8) is 0 Å². The van der Waals surface area contributed by atoms with Crippen LogP contribution in [0.4, 0.5) is 0 Å². The Morgan fingerprint density at radius 3 is 2.57 bits per heavy atom. The van der Waals surface area contributed by atoms with Gasteiger partial charge in [-0.25, -0.2) is 0 Å². The minimum Gasteiger partial charge on any atom is -0.393 e. The minimum atomic E-state index is -0.110. The Labute approximate surface area is 186 Å². The summed E-state index contributed by atoms with van der Waals surface area (Å²) in [6, 6.07) is 0. The molecular formula is C29H46O. The monoisotopic (exact) mass is 410 g/mol. The van der Waals surface area contributed by atoms with Gasteiger partial charge in [0.05, 0.1) is 6.10 Å². The van der Waals surface area contributed by atoms with Crippen molar-refractivity contribution in [1.82, 2.24) is 0 Å². The summed E-state index contributed by atoms with van der Waals surface area (Å²) in [6.45, 7) is 14.5. The summed E-state index contributed by atoms with van der Waals surface area (Å²) in [5.74, 6) is 3.73. The number of aliphatic hydroxyl groups is 1. The van der Waals surface area contributed by atoms with Crippen LogP contribution in [0.2, 0.25) is 0 Å². The number of fused-ring (bicyclic) bond motifs is 4. The molecule has 1 nitrogen and oxygen atoms in total. The van der Waals surface area contributed by atoms with Gasteiger partial charge in [-0.2, -0.15) is 0 Å². The number of rotatable bonds is 5. The Bertz CT molecular complexity index is 739. The molecule has 4 aliphatic carbocycles. The van der Waals surface area contributed by atoms with Gasteiger partial charge in [0, 0.05) is 5.41 Å². The normalized spacial score (nSPS) is 40.8. The molecule has 4 aliphatic rings. The summed E-state index contributed by atoms with van der Waals surface area (Å²) in [4.78, 5) is 0. The summed E-state index contributed by atoms with van der Waals surface area (Å²) in [7, 11) is 0. The average molecular weight is 411 g/mol. The van der Waals surface area contributed by atoms with Crippen molar-refractivity contribution in [1.29, 1.82) is 0 Å². The van der Waals surface area contributed by atoms with E-state index in [1.807, 2.05) is 5.57 Å². The van der Waals surface area contributed by atoms with Crippen molar-refractivity contribution >= 4 is 0 Å². The van der Waals surface area contributed by atoms with Crippen molar-refractivity contribution in [2.45, 2.75) is 105 Å². The molecule has 30 heavy (non-hydrogen) atoms. The third-order valence-electron chi connectivity index (χ3n) is 10.3. The van der Waals surface area contributed by atoms with Crippen molar-refractivity contribution < 1.29 is 5.11 Å². The van der Waals surface area contributed by atoms with Crippen molar-refractivity contribution in [2.75, 3.05) is 0 Å². The molecule has 0 aliphatic heterocycles. The van der Waals surface area contributed by atoms with E-state index < -0.39 is 0 Å². The van der Waals surface area contributed by atoms with E-state index in [0.29, 0.717) is 17.3 Å². The Morgan fingerprint density at radius 2 is 1.87 bits per heavy atom. The van der Waals surface area contributed by atoms with Crippen molar-refractivity contribution in [3.05, 3.63) is 34.9 Å². The molecule has 1 N–H and O–H groups in total. The molecule has 0 saturated heterocycles. The summed E-state index contributed by atoms with van der Waals surface area (Å²) >= 11 is 0. The van der Waals surface area contributed by atoms with Crippen LogP contribution in [0, 0.1) is 40.4 Å². The molecular weight excluding hydrogens is 364 g/mol. The van der Waals surface area contributed by atoms with E-state index in [1.54, 1.807) is 11.1 Å². The predicted octanol–water partition coefficient (Wildman–Crippen LogP) is 7.87. The largest absolute Gasteiger partial charge is 0.393 e. The molecule has 0 amide bonds. The van der Waals surface area contributed by atoms with Gasteiger partial charge < -0.3 is 5.11 Å². The lowest BCUT2D eigenvalue weighted by atomic mass is 9.52. The highest BCUT2D eigenvalue weighted by molar-refractivity contribution is 5.43. The molecule has 0 heterocycles. The minimum absolute atomic E-state index is 0.110. The molecule has 1 heteroatoms. The van der Waals surface area contributed by atoms with Gasteiger partial charge in [-0.15, -0.1) is 0 Å². The van der Waals surface area contributed by atoms with Gasteiger partial charge in [-0.3, -0.25) is 0 Å². The van der Waals surface area contributed by atoms with E-state index in [1.165, 1.54) is 38.5 Å². The summed E-state index contributed by atoms with van der Waals surface area (Å²) in [5.41, 5.74) is 5.96. The first-order chi connectivity index (χ1) is 14.2. The number of aliphatic hydroxyl groups excluding tert-OH is 1. The number of hydrogen-bond donors (Lipinski definition) is 1. The molecule has 0 spiro atoms. The molecule has 0 aromatic heterocycles. The van der Waals surface area contributed by atoms with Crippen molar-refractivity contribution in [2.24, 2.45) is 40.4 Å². The second kappa shape index (κ2) is 8.27. The molecule has 0 aromatic rings. The lowest BCUT2D eigenvalue weighted by Crippen LogP contribution is -2.43. The third kappa shape index (κ3) is 3.48. The first kappa shape index (κ1) is 22.4. The highest BCUT2D eigenvalue weighted by atomic mass is 16.3. The molecule has 0 radical (unpaired) electrons. The van der Waals surface area contributed by atoms with Gasteiger partial charge >= 0.3 is 0 Å². The van der Waals surface area contributed by atoms with Crippen LogP contribution in [0.1, 0.15) is 99.3 Å². The van der Waals surface area contributed by atoms with Gasteiger partial charge in [0.25, 0.3) is 0 Å². The van der Waals surface area contributed by atoms with E-state index in [-0.39, 0.29) is 11.5 Å². The molecule has 0 aromatic carbocycles. The maximum Gasteiger partial charge on any atom is 0.0578 e. The molecule has 168 valence electrons. The third-order valence-corrected chi connectivity index (χ3v) is 10.3. The van der Waals surface area contributed by atoms with Crippen LogP contribution < -0.4 is 0 Å². The Hall–Kier alpha value is -0.820. The first-order valence-corrected chi connectivity index (χ1v) is 13.0. The quantitative estimate of drug-likeness (QED) is 0.457. The Morgan fingerprint density at radius 1 is 1.10 bits per heavy atom. The van der Waals surface area contributed by atoms with Crippen LogP contribution in [-0.2, 0) is 0 Å². The maximum atomic E-state index is 10.2. The second-order valence-corrected chi connectivity index (χ2v) is 11.8. The average Bonchev–Trinajstić information content (AvgIpc) is 3.12. The molecule has 2 fully saturated rings. The van der Waals surface area contributed by atoms with Crippen LogP contribution in [-0.4, -0.2) is 11.2 Å². The van der Waals surface area contributed by atoms with Crippen LogP contribution in [0.25, 0.3) is 0 Å². The zero-order chi connectivity index (χ0) is 21.7. The standard InChI is InChI=1S/C29H46O/c1-7-29-17-15-26-24(11-10-22-18-23(30)14-16-28(22,26)6)27(29)13-12-25(29)21(5)9-8-20(4)19(2)3/h8-10,19-21,23,25,27,30H,7,11-18H2,1-6H3/b9-8+/t20-,21+,23-,25+,27?,28-,29+/m0/s1. The van der Waals surface area contributed by atoms with E-state index in [4.69, 9.17) is 0 Å². The van der Waals surface area contributed by atoms with Crippen LogP contribution in [0.5, 0.6) is 0 Å². The fourth-order valence-corrected chi connectivity index (χ4v) is 7.95. The summed E-state index contributed by atoms with van der Waals surface area (Å²) in [5, 5.41) is 10.2. The highest BCUT2D eigenvalue weighted by Gasteiger charge is 2.55. The van der Waals surface area contributed by atoms with Gasteiger partial charge in [0.1, 0.15) is 0 Å². The number of hydrogen-bond acceptors (Lipinski definition) is 1. The van der Waals surface area contributed by atoms with Gasteiger partial charge in [-0.1, -0.05) is 76.5 Å². The SMILES string of the molecule is CC[C@]12CCC3=C(CC=C4C[C@@H](O)CC[C@@]43C)C1CC[C@@H]2[C@H](C)/C=C/[C@H](C)C(C)C. The Balaban J connectivity index is 1.61. The molecule has 2 saturated carbocycles. The zero-order valence-electron chi connectivity index (χ0n) is 20.5. The first-order valence-electron chi connectivity index (χ1n) is 13.0. The summed E-state index contributed by atoms with van der Waals surface area (Å²) in [6.07, 6.45) is 18.5. The zero-order valence-corrected chi connectivity index (χ0v) is 20.5. The molecule has 1 unspecified atom stereocenters. The van der Waals surface area contributed by atoms with Gasteiger partial charge in [-0.05, 0) is 92.8 Å². The predicted molar refractivity (Wildman–Crippen MR) is 128 cm³/mol. The lowest BCUT2D eigenvalue weighted by Gasteiger charge is -2.53. The van der Waals surface area contributed by atoms with Crippen molar-refractivity contribution in [3.8, 4) is 0 Å². The van der Waals surface area contributed by atoms with E-state index in [2.05, 4.69) is 59.8 Å². The smallest absolute Gasteiger partial charge is 0.0578 e. The molecule has 4 rings (SSSR count). The summed E-state index contributed by atoms with van der Waals surface area (Å²) < 4.78 is 0. The van der Waals surface area contributed by atoms with E-state index >= 15 is 0 Å². The van der Waals surface area contributed by atoms with Gasteiger partial charge in [0.2, 0.25) is 0 Å². The maximum absolute atomic E-state index is 10.2. The second-order valence-electron chi connectivity index (χ2n) is 11.8. The lowest BCUT2D eigenvalue weighted by molar-refractivity contribution is 0.0786. The van der Waals surface area contributed by atoms with Gasteiger partial charge in [0.15, 0.2) is 0 Å². The highest BCUT2D eigenvalue weighted by Crippen LogP contribution is 2.66. The van der Waals surface area contributed by atoms with E-state index in [0.717, 1.165) is 37.0 Å². The van der Waals surface area contributed by atoms with Crippen LogP contribution in [0.3, 0.4) is 0 Å². The fourth-order valence-electron chi connectivity index (χ4n) is 7.95. The Kier molecular flexibility index (Phi) is 6.17. The molecule has 0 bridgehead atoms. The fraction of sp³-hybridized carbons (Fsp3) is 0.793. The van der Waals surface area contributed by atoms with Crippen LogP contribution >= 0.6 is 0 Å². The topological polar surface area (TPSA) is 20.2 Å². The van der Waals surface area contributed by atoms with Crippen LogP contribution in [0.15, 0.2) is 34.9 Å². The van der Waals surface area contributed by atoms with E-state index in [9.17, 15) is 5.11 Å². The molecule has 7 atom stereocenters.